The number of benzene rings is 2. The number of urea groups is 1. The number of nitrogens with one attached hydrogen (secondary N) is 3. The smallest absolute Gasteiger partial charge is 0.416 e. The minimum absolute atomic E-state index is 0.0315. The quantitative estimate of drug-likeness (QED) is 0.407. The Bertz CT molecular complexity index is 1130. The average Bonchev–Trinajstić information content (AvgIpc) is 2.67. The topological polar surface area (TPSA) is 88.7 Å². The van der Waals surface area contributed by atoms with Gasteiger partial charge in [0, 0.05) is 17.7 Å². The summed E-state index contributed by atoms with van der Waals surface area (Å²) in [5.41, 5.74) is -1.11. The monoisotopic (exact) mass is 513 g/mol. The van der Waals surface area contributed by atoms with Crippen LogP contribution in [0.25, 0.3) is 0 Å². The maximum atomic E-state index is 12.9. The van der Waals surface area contributed by atoms with Crippen molar-refractivity contribution in [2.45, 2.75) is 64.5 Å². The number of ether oxygens (including phenoxy) is 2. The normalized spacial score (nSPS) is 17.0. The molecule has 7 nitrogen and oxygen atoms in total. The summed E-state index contributed by atoms with van der Waals surface area (Å²) >= 11 is 5.95. The third kappa shape index (κ3) is 7.17. The zero-order chi connectivity index (χ0) is 26.2. The number of halogens is 4. The van der Waals surface area contributed by atoms with Crippen molar-refractivity contribution in [3.63, 3.8) is 0 Å². The van der Waals surface area contributed by atoms with Crippen LogP contribution >= 0.6 is 11.6 Å². The summed E-state index contributed by atoms with van der Waals surface area (Å²) in [6.07, 6.45) is -4.79. The van der Waals surface area contributed by atoms with Crippen LogP contribution in [0.1, 0.15) is 58.2 Å². The van der Waals surface area contributed by atoms with Crippen LogP contribution in [0.3, 0.4) is 0 Å². The van der Waals surface area contributed by atoms with Crippen LogP contribution in [0, 0.1) is 0 Å². The first-order valence-electron chi connectivity index (χ1n) is 10.8. The van der Waals surface area contributed by atoms with Crippen molar-refractivity contribution in [1.29, 1.82) is 0 Å². The molecule has 0 fully saturated rings. The summed E-state index contributed by atoms with van der Waals surface area (Å²) in [7, 11) is 0. The van der Waals surface area contributed by atoms with Gasteiger partial charge in [-0.05, 0) is 71.0 Å². The van der Waals surface area contributed by atoms with E-state index < -0.39 is 41.1 Å². The first-order valence-corrected chi connectivity index (χ1v) is 11.2. The van der Waals surface area contributed by atoms with E-state index in [1.165, 1.54) is 0 Å². The molecule has 0 bridgehead atoms. The molecule has 11 heteroatoms. The summed E-state index contributed by atoms with van der Waals surface area (Å²) in [5, 5.41) is 7.71. The van der Waals surface area contributed by atoms with E-state index in [0.717, 1.165) is 18.2 Å². The van der Waals surface area contributed by atoms with E-state index in [9.17, 15) is 22.8 Å². The lowest BCUT2D eigenvalue weighted by Crippen LogP contribution is -2.42. The highest BCUT2D eigenvalue weighted by Gasteiger charge is 2.35. The summed E-state index contributed by atoms with van der Waals surface area (Å²) in [6.45, 7) is 8.97. The zero-order valence-electron chi connectivity index (χ0n) is 19.9. The molecule has 0 saturated carbocycles. The van der Waals surface area contributed by atoms with Crippen LogP contribution in [0.2, 0.25) is 5.02 Å². The first-order chi connectivity index (χ1) is 16.0. The lowest BCUT2D eigenvalue weighted by molar-refractivity contribution is -0.137. The molecule has 1 aliphatic heterocycles. The van der Waals surface area contributed by atoms with E-state index in [-0.39, 0.29) is 10.7 Å². The van der Waals surface area contributed by atoms with Crippen molar-refractivity contribution < 1.29 is 32.2 Å². The maximum Gasteiger partial charge on any atom is 0.416 e. The van der Waals surface area contributed by atoms with Crippen molar-refractivity contribution in [3.8, 4) is 5.75 Å². The molecular weight excluding hydrogens is 487 g/mol. The minimum atomic E-state index is -4.55. The molecule has 1 atom stereocenters. The van der Waals surface area contributed by atoms with Crippen LogP contribution in [0.4, 0.5) is 34.1 Å². The van der Waals surface area contributed by atoms with Gasteiger partial charge in [-0.2, -0.15) is 13.2 Å². The molecule has 0 aromatic heterocycles. The fourth-order valence-corrected chi connectivity index (χ4v) is 3.82. The molecule has 3 rings (SSSR count). The van der Waals surface area contributed by atoms with E-state index in [2.05, 4.69) is 16.0 Å². The van der Waals surface area contributed by atoms with Gasteiger partial charge in [0.25, 0.3) is 0 Å². The number of amides is 3. The highest BCUT2D eigenvalue weighted by Crippen LogP contribution is 2.41. The summed E-state index contributed by atoms with van der Waals surface area (Å²) in [4.78, 5) is 24.9. The first kappa shape index (κ1) is 26.5. The minimum Gasteiger partial charge on any atom is -0.487 e. The van der Waals surface area contributed by atoms with Gasteiger partial charge >= 0.3 is 18.3 Å². The third-order valence-corrected chi connectivity index (χ3v) is 5.28. The molecule has 1 heterocycles. The van der Waals surface area contributed by atoms with Crippen LogP contribution in [0.15, 0.2) is 36.4 Å². The van der Waals surface area contributed by atoms with Crippen molar-refractivity contribution in [3.05, 3.63) is 52.5 Å². The largest absolute Gasteiger partial charge is 0.487 e. The molecule has 0 aliphatic carbocycles. The molecule has 35 heavy (non-hydrogen) atoms. The van der Waals surface area contributed by atoms with Gasteiger partial charge in [-0.1, -0.05) is 11.6 Å². The SMILES string of the molecule is CC(C)(C)OC(=O)Nc1ccc2c(c1)[C@H](NC(=O)Nc1ccc(C(F)(F)F)cc1Cl)CC(C)(C)O2. The predicted octanol–water partition coefficient (Wildman–Crippen LogP) is 7.13. The maximum absolute atomic E-state index is 12.9. The summed E-state index contributed by atoms with van der Waals surface area (Å²) < 4.78 is 49.9. The molecule has 2 aromatic carbocycles. The van der Waals surface area contributed by atoms with Crippen molar-refractivity contribution >= 4 is 35.1 Å². The Labute approximate surface area is 206 Å². The number of rotatable bonds is 3. The molecule has 1 aliphatic rings. The average molecular weight is 514 g/mol. The second-order valence-corrected chi connectivity index (χ2v) is 10.2. The lowest BCUT2D eigenvalue weighted by atomic mass is 9.89. The number of anilines is 2. The van der Waals surface area contributed by atoms with Gasteiger partial charge in [-0.3, -0.25) is 5.32 Å². The highest BCUT2D eigenvalue weighted by atomic mass is 35.5. The number of hydrogen-bond donors (Lipinski definition) is 3. The van der Waals surface area contributed by atoms with Crippen molar-refractivity contribution in [2.75, 3.05) is 10.6 Å². The Kier molecular flexibility index (Phi) is 7.17. The van der Waals surface area contributed by atoms with E-state index in [4.69, 9.17) is 21.1 Å². The van der Waals surface area contributed by atoms with E-state index >= 15 is 0 Å². The molecular formula is C24H27ClF3N3O4. The molecule has 0 unspecified atom stereocenters. The van der Waals surface area contributed by atoms with Crippen LogP contribution in [-0.2, 0) is 10.9 Å². The second kappa shape index (κ2) is 9.49. The van der Waals surface area contributed by atoms with Gasteiger partial charge in [0.1, 0.15) is 17.0 Å². The highest BCUT2D eigenvalue weighted by molar-refractivity contribution is 6.33. The zero-order valence-corrected chi connectivity index (χ0v) is 20.6. The van der Waals surface area contributed by atoms with Gasteiger partial charge in [0.05, 0.1) is 22.3 Å². The van der Waals surface area contributed by atoms with E-state index in [0.29, 0.717) is 23.4 Å². The van der Waals surface area contributed by atoms with Gasteiger partial charge in [0.15, 0.2) is 0 Å². The standard InChI is InChI=1S/C24H27ClF3N3O4/c1-22(2,3)35-21(33)29-14-7-9-19-15(11-14)18(12-23(4,5)34-19)31-20(32)30-17-8-6-13(10-16(17)25)24(26,27)28/h6-11,18H,12H2,1-5H3,(H,29,33)(H2,30,31,32)/t18-/m1/s1. The molecule has 3 N–H and O–H groups in total. The molecule has 3 amide bonds. The summed E-state index contributed by atoms with van der Waals surface area (Å²) in [5.74, 6) is 0.522. The lowest BCUT2D eigenvalue weighted by Gasteiger charge is -2.38. The summed E-state index contributed by atoms with van der Waals surface area (Å²) in [6, 6.07) is 6.50. The molecule has 190 valence electrons. The van der Waals surface area contributed by atoms with Crippen molar-refractivity contribution in [2.24, 2.45) is 0 Å². The molecule has 0 saturated heterocycles. The van der Waals surface area contributed by atoms with Crippen LogP contribution in [-0.4, -0.2) is 23.3 Å². The Balaban J connectivity index is 1.78. The Morgan fingerprint density at radius 2 is 1.77 bits per heavy atom. The van der Waals surface area contributed by atoms with E-state index in [1.54, 1.807) is 39.0 Å². The number of carbonyl (C=O) groups excluding carboxylic acids is 2. The van der Waals surface area contributed by atoms with Gasteiger partial charge in [0.2, 0.25) is 0 Å². The third-order valence-electron chi connectivity index (χ3n) is 4.96. The number of carbonyl (C=O) groups is 2. The van der Waals surface area contributed by atoms with E-state index in [1.807, 2.05) is 13.8 Å². The number of hydrogen-bond acceptors (Lipinski definition) is 4. The molecule has 2 aromatic rings. The van der Waals surface area contributed by atoms with Crippen LogP contribution in [0.5, 0.6) is 5.75 Å². The second-order valence-electron chi connectivity index (χ2n) is 9.79. The molecule has 0 spiro atoms. The fraction of sp³-hybridized carbons (Fsp3) is 0.417. The molecule has 0 radical (unpaired) electrons. The van der Waals surface area contributed by atoms with Gasteiger partial charge < -0.3 is 20.1 Å². The predicted molar refractivity (Wildman–Crippen MR) is 127 cm³/mol. The Morgan fingerprint density at radius 3 is 2.37 bits per heavy atom. The number of fused-ring (bicyclic) bond motifs is 1. The van der Waals surface area contributed by atoms with Crippen LogP contribution < -0.4 is 20.7 Å². The Hall–Kier alpha value is -3.14. The van der Waals surface area contributed by atoms with Gasteiger partial charge in [-0.25, -0.2) is 9.59 Å². The Morgan fingerprint density at radius 1 is 1.09 bits per heavy atom. The number of alkyl halides is 3. The van der Waals surface area contributed by atoms with Gasteiger partial charge in [-0.15, -0.1) is 0 Å². The van der Waals surface area contributed by atoms with Crippen molar-refractivity contribution in [1.82, 2.24) is 5.32 Å². The fourth-order valence-electron chi connectivity index (χ4n) is 3.59.